The minimum atomic E-state index is -1.29. The summed E-state index contributed by atoms with van der Waals surface area (Å²) in [5.74, 6) is -3.05. The Labute approximate surface area is 276 Å². The number of aromatic amines is 3. The van der Waals surface area contributed by atoms with Gasteiger partial charge in [-0.25, -0.2) is 9.78 Å². The van der Waals surface area contributed by atoms with Crippen LogP contribution in [0.2, 0.25) is 0 Å². The maximum absolute atomic E-state index is 13.8. The standard InChI is InChI=1S/C34H41N9O5/c35-12-6-5-11-28(41-31(44)25(36)13-20-16-38-26-9-3-1-7-23(20)26)32(45)42-29(14-21-17-39-27-10-4-2-8-24(21)27)33(46)43-30(34(47)48)15-22-18-37-19-40-22/h1-4,7-10,16-19,25,28-30,38-39H,5-6,11-15,35-36H2,(H,37,40)(H,41,44)(H,42,45)(H,43,46)(H,47,48). The fourth-order valence-electron chi connectivity index (χ4n) is 5.76. The first-order valence-corrected chi connectivity index (χ1v) is 15.9. The van der Waals surface area contributed by atoms with Crippen LogP contribution in [0.3, 0.4) is 0 Å². The second-order valence-corrected chi connectivity index (χ2v) is 11.8. The monoisotopic (exact) mass is 655 g/mol. The van der Waals surface area contributed by atoms with Gasteiger partial charge < -0.3 is 47.5 Å². The van der Waals surface area contributed by atoms with Crippen LogP contribution in [0.15, 0.2) is 73.4 Å². The first-order valence-electron chi connectivity index (χ1n) is 15.9. The zero-order chi connectivity index (χ0) is 34.0. The molecule has 14 heteroatoms. The number of carbonyl (C=O) groups is 4. The van der Waals surface area contributed by atoms with Crippen LogP contribution in [-0.2, 0) is 38.4 Å². The van der Waals surface area contributed by atoms with Gasteiger partial charge in [0.25, 0.3) is 0 Å². The molecule has 3 aromatic heterocycles. The Kier molecular flexibility index (Phi) is 11.2. The topological polar surface area (TPSA) is 237 Å². The van der Waals surface area contributed by atoms with E-state index in [1.54, 1.807) is 6.20 Å². The number of H-pyrrole nitrogens is 3. The molecule has 14 nitrogen and oxygen atoms in total. The number of nitrogens with zero attached hydrogens (tertiary/aromatic N) is 1. The quantitative estimate of drug-likeness (QED) is 0.0662. The number of rotatable bonds is 17. The molecule has 0 saturated carbocycles. The number of carboxylic acid groups (broad SMARTS) is 1. The van der Waals surface area contributed by atoms with Crippen LogP contribution >= 0.6 is 0 Å². The summed E-state index contributed by atoms with van der Waals surface area (Å²) < 4.78 is 0. The number of carbonyl (C=O) groups excluding carboxylic acids is 3. The summed E-state index contributed by atoms with van der Waals surface area (Å²) in [7, 11) is 0. The largest absolute Gasteiger partial charge is 0.480 e. The lowest BCUT2D eigenvalue weighted by Crippen LogP contribution is -2.58. The van der Waals surface area contributed by atoms with Gasteiger partial charge in [-0.3, -0.25) is 14.4 Å². The minimum absolute atomic E-state index is 0.0408. The fourth-order valence-corrected chi connectivity index (χ4v) is 5.76. The van der Waals surface area contributed by atoms with Gasteiger partial charge in [0.05, 0.1) is 12.4 Å². The van der Waals surface area contributed by atoms with Crippen LogP contribution in [-0.4, -0.2) is 79.4 Å². The molecule has 0 spiro atoms. The van der Waals surface area contributed by atoms with Crippen LogP contribution in [0.4, 0.5) is 0 Å². The number of unbranched alkanes of at least 4 members (excludes halogenated alkanes) is 1. The number of amides is 3. The lowest BCUT2D eigenvalue weighted by molar-refractivity contribution is -0.142. The molecule has 0 aliphatic rings. The molecule has 2 aromatic carbocycles. The summed E-state index contributed by atoms with van der Waals surface area (Å²) >= 11 is 0. The van der Waals surface area contributed by atoms with Gasteiger partial charge in [-0.05, 0) is 55.5 Å². The van der Waals surface area contributed by atoms with E-state index in [4.69, 9.17) is 11.5 Å². The number of benzene rings is 2. The summed E-state index contributed by atoms with van der Waals surface area (Å²) in [5.41, 5.74) is 15.9. The predicted octanol–water partition coefficient (Wildman–Crippen LogP) is 1.40. The van der Waals surface area contributed by atoms with Crippen molar-refractivity contribution in [2.24, 2.45) is 11.5 Å². The molecule has 4 atom stereocenters. The van der Waals surface area contributed by atoms with Crippen molar-refractivity contribution in [3.63, 3.8) is 0 Å². The second-order valence-electron chi connectivity index (χ2n) is 11.8. The lowest BCUT2D eigenvalue weighted by Gasteiger charge is -2.25. The van der Waals surface area contributed by atoms with Crippen molar-refractivity contribution in [3.05, 3.63) is 90.3 Å². The normalized spacial score (nSPS) is 13.9. The van der Waals surface area contributed by atoms with E-state index in [2.05, 4.69) is 35.9 Å². The molecule has 4 unspecified atom stereocenters. The van der Waals surface area contributed by atoms with E-state index in [-0.39, 0.29) is 25.7 Å². The highest BCUT2D eigenvalue weighted by Crippen LogP contribution is 2.20. The third-order valence-electron chi connectivity index (χ3n) is 8.36. The molecule has 0 bridgehead atoms. The van der Waals surface area contributed by atoms with Gasteiger partial charge in [-0.2, -0.15) is 0 Å². The molecular weight excluding hydrogens is 614 g/mol. The molecule has 5 rings (SSSR count). The maximum Gasteiger partial charge on any atom is 0.326 e. The van der Waals surface area contributed by atoms with Gasteiger partial charge in [0.2, 0.25) is 17.7 Å². The Morgan fingerprint density at radius 3 is 1.92 bits per heavy atom. The number of nitrogens with one attached hydrogen (secondary N) is 6. The number of para-hydroxylation sites is 2. The van der Waals surface area contributed by atoms with Gasteiger partial charge in [-0.15, -0.1) is 0 Å². The molecule has 3 heterocycles. The van der Waals surface area contributed by atoms with E-state index >= 15 is 0 Å². The number of carboxylic acids is 1. The fraction of sp³-hybridized carbons (Fsp3) is 0.324. The van der Waals surface area contributed by atoms with Crippen LogP contribution in [0.5, 0.6) is 0 Å². The summed E-state index contributed by atoms with van der Waals surface area (Å²) in [6, 6.07) is 10.8. The van der Waals surface area contributed by atoms with Gasteiger partial charge in [-0.1, -0.05) is 36.4 Å². The number of fused-ring (bicyclic) bond motifs is 2. The summed E-state index contributed by atoms with van der Waals surface area (Å²) in [4.78, 5) is 66.1. The van der Waals surface area contributed by atoms with E-state index in [1.807, 2.05) is 54.7 Å². The highest BCUT2D eigenvalue weighted by atomic mass is 16.4. The van der Waals surface area contributed by atoms with Crippen molar-refractivity contribution in [3.8, 4) is 0 Å². The van der Waals surface area contributed by atoms with Crippen molar-refractivity contribution in [1.29, 1.82) is 0 Å². The van der Waals surface area contributed by atoms with E-state index in [1.165, 1.54) is 12.5 Å². The van der Waals surface area contributed by atoms with Crippen LogP contribution in [0.1, 0.15) is 36.1 Å². The third-order valence-corrected chi connectivity index (χ3v) is 8.36. The Bertz CT molecular complexity index is 1850. The zero-order valence-electron chi connectivity index (χ0n) is 26.4. The summed E-state index contributed by atoms with van der Waals surface area (Å²) in [6.07, 6.45) is 8.13. The number of nitrogens with two attached hydrogens (primary N) is 2. The first-order chi connectivity index (χ1) is 23.2. The third kappa shape index (κ3) is 8.46. The minimum Gasteiger partial charge on any atom is -0.480 e. The predicted molar refractivity (Wildman–Crippen MR) is 181 cm³/mol. The van der Waals surface area contributed by atoms with E-state index < -0.39 is 47.9 Å². The second kappa shape index (κ2) is 15.9. The summed E-state index contributed by atoms with van der Waals surface area (Å²) in [5, 5.41) is 19.8. The molecule has 11 N–H and O–H groups in total. The number of hydrogen-bond donors (Lipinski definition) is 9. The zero-order valence-corrected chi connectivity index (χ0v) is 26.4. The summed E-state index contributed by atoms with van der Waals surface area (Å²) in [6.45, 7) is 0.404. The molecule has 48 heavy (non-hydrogen) atoms. The Balaban J connectivity index is 1.34. The van der Waals surface area contributed by atoms with Crippen LogP contribution in [0, 0.1) is 0 Å². The van der Waals surface area contributed by atoms with E-state index in [0.717, 1.165) is 32.9 Å². The molecule has 0 radical (unpaired) electrons. The van der Waals surface area contributed by atoms with E-state index in [0.29, 0.717) is 25.1 Å². The molecule has 5 aromatic rings. The van der Waals surface area contributed by atoms with Crippen molar-refractivity contribution < 1.29 is 24.3 Å². The molecular formula is C34H41N9O5. The SMILES string of the molecule is NCCCCC(NC(=O)C(N)Cc1c[nH]c2ccccc12)C(=O)NC(Cc1c[nH]c2ccccc12)C(=O)NC(Cc1cnc[nH]1)C(=O)O. The van der Waals surface area contributed by atoms with Gasteiger partial charge in [0.15, 0.2) is 0 Å². The van der Waals surface area contributed by atoms with Crippen molar-refractivity contribution in [2.75, 3.05) is 6.54 Å². The lowest BCUT2D eigenvalue weighted by atomic mass is 10.0. The molecule has 0 aliphatic heterocycles. The highest BCUT2D eigenvalue weighted by Gasteiger charge is 2.31. The number of imidazole rings is 1. The Morgan fingerprint density at radius 2 is 1.31 bits per heavy atom. The number of hydrogen-bond acceptors (Lipinski definition) is 7. The highest BCUT2D eigenvalue weighted by molar-refractivity contribution is 5.95. The average Bonchev–Trinajstić information content (AvgIpc) is 3.84. The van der Waals surface area contributed by atoms with Crippen molar-refractivity contribution in [1.82, 2.24) is 35.9 Å². The average molecular weight is 656 g/mol. The molecule has 0 saturated heterocycles. The van der Waals surface area contributed by atoms with Crippen LogP contribution in [0.25, 0.3) is 21.8 Å². The van der Waals surface area contributed by atoms with Crippen molar-refractivity contribution >= 4 is 45.5 Å². The Morgan fingerprint density at radius 1 is 0.729 bits per heavy atom. The first kappa shape index (κ1) is 33.9. The molecule has 252 valence electrons. The van der Waals surface area contributed by atoms with E-state index in [9.17, 15) is 24.3 Å². The van der Waals surface area contributed by atoms with Crippen LogP contribution < -0.4 is 27.4 Å². The number of aliphatic carboxylic acids is 1. The molecule has 0 fully saturated rings. The number of aromatic nitrogens is 4. The Hall–Kier alpha value is -5.47. The molecule has 0 aliphatic carbocycles. The van der Waals surface area contributed by atoms with Crippen molar-refractivity contribution in [2.45, 2.75) is 62.7 Å². The molecule has 3 amide bonds. The maximum atomic E-state index is 13.8. The van der Waals surface area contributed by atoms with Gasteiger partial charge in [0.1, 0.15) is 18.1 Å². The van der Waals surface area contributed by atoms with Gasteiger partial charge in [0, 0.05) is 58.9 Å². The smallest absolute Gasteiger partial charge is 0.326 e. The van der Waals surface area contributed by atoms with Gasteiger partial charge >= 0.3 is 5.97 Å².